The third-order valence-electron chi connectivity index (χ3n) is 5.11. The lowest BCUT2D eigenvalue weighted by Crippen LogP contribution is -2.23. The highest BCUT2D eigenvalue weighted by molar-refractivity contribution is 6.33. The van der Waals surface area contributed by atoms with Gasteiger partial charge in [-0.25, -0.2) is 9.67 Å². The molecule has 0 aliphatic heterocycles. The van der Waals surface area contributed by atoms with Crippen molar-refractivity contribution in [2.75, 3.05) is 12.4 Å². The standard InChI is InChI=1S/C22H18ClF3N8O2/c1-12-6-13(34-11-28-10-31-34)7-14(20(35)27-2)17(12)32-21(36)15-8-30-33(9-22(24,25)26)19(15)18-16(23)4-3-5-29-18/h3-8,10-11H,9H2,1-2H3,(H,27,35)(H,32,36). The smallest absolute Gasteiger partial charge is 0.355 e. The average molecular weight is 519 g/mol. The molecule has 4 rings (SSSR count). The quantitative estimate of drug-likeness (QED) is 0.402. The summed E-state index contributed by atoms with van der Waals surface area (Å²) < 4.78 is 41.7. The first-order valence-corrected chi connectivity index (χ1v) is 10.7. The largest absolute Gasteiger partial charge is 0.408 e. The third-order valence-corrected chi connectivity index (χ3v) is 5.41. The maximum absolute atomic E-state index is 13.4. The molecule has 0 saturated carbocycles. The molecule has 10 nitrogen and oxygen atoms in total. The first-order valence-electron chi connectivity index (χ1n) is 10.4. The minimum atomic E-state index is -4.62. The maximum atomic E-state index is 13.4. The van der Waals surface area contributed by atoms with Gasteiger partial charge in [-0.2, -0.15) is 23.4 Å². The number of anilines is 1. The molecule has 0 atom stereocenters. The number of alkyl halides is 3. The number of carbonyl (C=O) groups is 2. The molecular formula is C22H18ClF3N8O2. The van der Waals surface area contributed by atoms with Gasteiger partial charge in [0.25, 0.3) is 11.8 Å². The predicted molar refractivity (Wildman–Crippen MR) is 124 cm³/mol. The van der Waals surface area contributed by atoms with Crippen molar-refractivity contribution in [2.45, 2.75) is 19.6 Å². The Balaban J connectivity index is 1.80. The average Bonchev–Trinajstić information content (AvgIpc) is 3.49. The highest BCUT2D eigenvalue weighted by Crippen LogP contribution is 2.32. The van der Waals surface area contributed by atoms with Crippen LogP contribution in [0.5, 0.6) is 0 Å². The Hall–Kier alpha value is -4.26. The van der Waals surface area contributed by atoms with Crippen molar-refractivity contribution in [3.8, 4) is 17.1 Å². The van der Waals surface area contributed by atoms with Gasteiger partial charge in [-0.3, -0.25) is 19.3 Å². The van der Waals surface area contributed by atoms with Crippen molar-refractivity contribution in [3.05, 3.63) is 71.0 Å². The Bertz CT molecular complexity index is 1430. The molecule has 36 heavy (non-hydrogen) atoms. The van der Waals surface area contributed by atoms with E-state index in [1.165, 1.54) is 48.8 Å². The Kier molecular flexibility index (Phi) is 6.75. The molecule has 0 saturated heterocycles. The van der Waals surface area contributed by atoms with Crippen LogP contribution in [0.1, 0.15) is 26.3 Å². The van der Waals surface area contributed by atoms with Crippen molar-refractivity contribution in [1.29, 1.82) is 0 Å². The number of rotatable bonds is 6. The van der Waals surface area contributed by atoms with E-state index in [9.17, 15) is 22.8 Å². The number of carbonyl (C=O) groups excluding carboxylic acids is 2. The fourth-order valence-corrected chi connectivity index (χ4v) is 3.76. The lowest BCUT2D eigenvalue weighted by atomic mass is 10.0. The molecular weight excluding hydrogens is 501 g/mol. The van der Waals surface area contributed by atoms with Crippen LogP contribution in [-0.2, 0) is 6.54 Å². The molecule has 0 bridgehead atoms. The SMILES string of the molecule is CNC(=O)c1cc(-n2cncn2)cc(C)c1NC(=O)c1cnn(CC(F)(F)F)c1-c1ncccc1Cl. The molecule has 2 amide bonds. The zero-order valence-corrected chi connectivity index (χ0v) is 19.6. The number of halogens is 4. The van der Waals surface area contributed by atoms with Crippen LogP contribution in [0.3, 0.4) is 0 Å². The van der Waals surface area contributed by atoms with Gasteiger partial charge in [0.2, 0.25) is 0 Å². The number of benzene rings is 1. The van der Waals surface area contributed by atoms with Crippen molar-refractivity contribution in [1.82, 2.24) is 34.8 Å². The van der Waals surface area contributed by atoms with Crippen LogP contribution in [0.25, 0.3) is 17.1 Å². The summed E-state index contributed by atoms with van der Waals surface area (Å²) in [6.45, 7) is 0.198. The summed E-state index contributed by atoms with van der Waals surface area (Å²) in [6.07, 6.45) is 0.493. The highest BCUT2D eigenvalue weighted by Gasteiger charge is 2.32. The molecule has 0 radical (unpaired) electrons. The van der Waals surface area contributed by atoms with Gasteiger partial charge in [0.15, 0.2) is 0 Å². The van der Waals surface area contributed by atoms with E-state index < -0.39 is 24.5 Å². The summed E-state index contributed by atoms with van der Waals surface area (Å²) in [5.74, 6) is -1.31. The monoisotopic (exact) mass is 518 g/mol. The lowest BCUT2D eigenvalue weighted by Gasteiger charge is -2.16. The fourth-order valence-electron chi connectivity index (χ4n) is 3.55. The van der Waals surface area contributed by atoms with Crippen LogP contribution in [0.2, 0.25) is 5.02 Å². The van der Waals surface area contributed by atoms with Crippen LogP contribution in [0.15, 0.2) is 49.3 Å². The van der Waals surface area contributed by atoms with Crippen LogP contribution in [0.4, 0.5) is 18.9 Å². The summed E-state index contributed by atoms with van der Waals surface area (Å²) in [5, 5.41) is 13.0. The lowest BCUT2D eigenvalue weighted by molar-refractivity contribution is -0.142. The van der Waals surface area contributed by atoms with Crippen molar-refractivity contribution in [3.63, 3.8) is 0 Å². The van der Waals surface area contributed by atoms with E-state index in [2.05, 4.69) is 30.8 Å². The number of amides is 2. The van der Waals surface area contributed by atoms with Crippen molar-refractivity contribution >= 4 is 29.1 Å². The van der Waals surface area contributed by atoms with E-state index in [0.717, 1.165) is 6.20 Å². The molecule has 14 heteroatoms. The number of nitrogens with zero attached hydrogens (tertiary/aromatic N) is 6. The van der Waals surface area contributed by atoms with E-state index in [-0.39, 0.29) is 33.2 Å². The Labute approximate surface area is 207 Å². The molecule has 2 N–H and O–H groups in total. The van der Waals surface area contributed by atoms with E-state index in [1.54, 1.807) is 13.0 Å². The van der Waals surface area contributed by atoms with E-state index in [0.29, 0.717) is 15.9 Å². The molecule has 1 aromatic carbocycles. The molecule has 0 aliphatic rings. The summed E-state index contributed by atoms with van der Waals surface area (Å²) in [6, 6.07) is 6.11. The Morgan fingerprint density at radius 1 is 1.14 bits per heavy atom. The first-order chi connectivity index (χ1) is 17.1. The number of pyridine rings is 1. The molecule has 4 aromatic rings. The van der Waals surface area contributed by atoms with Crippen molar-refractivity contribution < 1.29 is 22.8 Å². The summed E-state index contributed by atoms with van der Waals surface area (Å²) in [5.41, 5.74) is 0.809. The molecule has 3 heterocycles. The normalized spacial score (nSPS) is 11.4. The van der Waals surface area contributed by atoms with Gasteiger partial charge in [0.05, 0.1) is 33.7 Å². The Morgan fingerprint density at radius 2 is 1.92 bits per heavy atom. The van der Waals surface area contributed by atoms with E-state index in [4.69, 9.17) is 11.6 Å². The van der Waals surface area contributed by atoms with Crippen LogP contribution < -0.4 is 10.6 Å². The second-order valence-electron chi connectivity index (χ2n) is 7.57. The van der Waals surface area contributed by atoms with Crippen molar-refractivity contribution in [2.24, 2.45) is 0 Å². The van der Waals surface area contributed by atoms with Crippen LogP contribution in [-0.4, -0.2) is 54.6 Å². The summed E-state index contributed by atoms with van der Waals surface area (Å²) in [4.78, 5) is 33.9. The second kappa shape index (κ2) is 9.77. The number of aromatic nitrogens is 6. The third kappa shape index (κ3) is 5.05. The van der Waals surface area contributed by atoms with E-state index >= 15 is 0 Å². The molecule has 0 aliphatic carbocycles. The highest BCUT2D eigenvalue weighted by atomic mass is 35.5. The minimum Gasteiger partial charge on any atom is -0.355 e. The summed E-state index contributed by atoms with van der Waals surface area (Å²) >= 11 is 6.19. The second-order valence-corrected chi connectivity index (χ2v) is 7.98. The zero-order valence-electron chi connectivity index (χ0n) is 18.8. The van der Waals surface area contributed by atoms with Crippen LogP contribution >= 0.6 is 11.6 Å². The van der Waals surface area contributed by atoms with Gasteiger partial charge in [-0.05, 0) is 36.8 Å². The fraction of sp³-hybridized carbons (Fsp3) is 0.182. The molecule has 186 valence electrons. The van der Waals surface area contributed by atoms with Gasteiger partial charge < -0.3 is 10.6 Å². The molecule has 3 aromatic heterocycles. The molecule has 0 spiro atoms. The van der Waals surface area contributed by atoms with E-state index in [1.807, 2.05) is 0 Å². The minimum absolute atomic E-state index is 0.0369. The van der Waals surface area contributed by atoms with Gasteiger partial charge in [-0.1, -0.05) is 11.6 Å². The maximum Gasteiger partial charge on any atom is 0.408 e. The van der Waals surface area contributed by atoms with Gasteiger partial charge in [0, 0.05) is 13.2 Å². The first kappa shape index (κ1) is 24.9. The van der Waals surface area contributed by atoms with Gasteiger partial charge in [0.1, 0.15) is 30.6 Å². The number of hydrogen-bond acceptors (Lipinski definition) is 6. The summed E-state index contributed by atoms with van der Waals surface area (Å²) in [7, 11) is 1.42. The number of nitrogens with one attached hydrogen (secondary N) is 2. The van der Waals surface area contributed by atoms with Gasteiger partial charge >= 0.3 is 6.18 Å². The Morgan fingerprint density at radius 3 is 2.56 bits per heavy atom. The topological polar surface area (TPSA) is 120 Å². The van der Waals surface area contributed by atoms with Crippen LogP contribution in [0, 0.1) is 6.92 Å². The number of aryl methyl sites for hydroxylation is 1. The predicted octanol–water partition coefficient (Wildman–Crippen LogP) is 3.66. The zero-order chi connectivity index (χ0) is 26.0. The molecule has 0 unspecified atom stereocenters. The van der Waals surface area contributed by atoms with Gasteiger partial charge in [-0.15, -0.1) is 0 Å². The molecule has 0 fully saturated rings. The number of hydrogen-bond donors (Lipinski definition) is 2.